The lowest BCUT2D eigenvalue weighted by Crippen LogP contribution is -2.28. The molecule has 20 heavy (non-hydrogen) atoms. The Morgan fingerprint density at radius 1 is 1.55 bits per heavy atom. The Balaban J connectivity index is 2.24. The van der Waals surface area contributed by atoms with Crippen molar-refractivity contribution in [2.75, 3.05) is 0 Å². The zero-order chi connectivity index (χ0) is 14.9. The molecule has 1 fully saturated rings. The van der Waals surface area contributed by atoms with E-state index in [2.05, 4.69) is 15.9 Å². The Morgan fingerprint density at radius 3 is 2.70 bits per heavy atom. The smallest absolute Gasteiger partial charge is 0.344 e. The van der Waals surface area contributed by atoms with Crippen molar-refractivity contribution in [3.05, 3.63) is 28.2 Å². The number of alkyl halides is 2. The van der Waals surface area contributed by atoms with Crippen molar-refractivity contribution in [3.63, 3.8) is 0 Å². The molecule has 0 aromatic heterocycles. The van der Waals surface area contributed by atoms with E-state index in [1.165, 1.54) is 12.1 Å². The van der Waals surface area contributed by atoms with Crippen LogP contribution in [0.5, 0.6) is 5.75 Å². The molecule has 3 nitrogen and oxygen atoms in total. The van der Waals surface area contributed by atoms with E-state index in [9.17, 15) is 13.6 Å². The molecule has 0 spiro atoms. The van der Waals surface area contributed by atoms with Crippen LogP contribution in [0.3, 0.4) is 0 Å². The number of hydrogen-bond donors (Lipinski definition) is 1. The van der Waals surface area contributed by atoms with Gasteiger partial charge in [0.15, 0.2) is 6.10 Å². The second-order valence-corrected chi connectivity index (χ2v) is 6.07. The molecule has 0 amide bonds. The number of aliphatic carboxylic acids is 1. The van der Waals surface area contributed by atoms with Gasteiger partial charge < -0.3 is 9.84 Å². The monoisotopic (exact) mass is 348 g/mol. The predicted octanol–water partition coefficient (Wildman–Crippen LogP) is 4.19. The van der Waals surface area contributed by atoms with Crippen molar-refractivity contribution in [3.8, 4) is 5.75 Å². The van der Waals surface area contributed by atoms with E-state index >= 15 is 0 Å². The highest BCUT2D eigenvalue weighted by Gasteiger charge is 2.34. The summed E-state index contributed by atoms with van der Waals surface area (Å²) in [5.41, 5.74) is -0.311. The van der Waals surface area contributed by atoms with E-state index in [-0.39, 0.29) is 11.3 Å². The third-order valence-corrected chi connectivity index (χ3v) is 3.70. The molecule has 0 bridgehead atoms. The molecule has 1 N–H and O–H groups in total. The van der Waals surface area contributed by atoms with E-state index in [4.69, 9.17) is 9.84 Å². The Bertz CT molecular complexity index is 510. The Hall–Kier alpha value is -1.17. The van der Waals surface area contributed by atoms with Crippen LogP contribution in [0.25, 0.3) is 0 Å². The summed E-state index contributed by atoms with van der Waals surface area (Å²) >= 11 is 3.13. The van der Waals surface area contributed by atoms with Crippen molar-refractivity contribution < 1.29 is 23.4 Å². The van der Waals surface area contributed by atoms with Crippen LogP contribution < -0.4 is 4.74 Å². The minimum absolute atomic E-state index is 0.0752. The molecule has 0 unspecified atom stereocenters. The first-order valence-electron chi connectivity index (χ1n) is 6.34. The van der Waals surface area contributed by atoms with E-state index in [1.807, 2.05) is 0 Å². The first kappa shape index (κ1) is 15.2. The van der Waals surface area contributed by atoms with Crippen molar-refractivity contribution in [2.24, 2.45) is 5.92 Å². The topological polar surface area (TPSA) is 46.5 Å². The molecule has 1 aromatic carbocycles. The van der Waals surface area contributed by atoms with Gasteiger partial charge in [0.2, 0.25) is 0 Å². The van der Waals surface area contributed by atoms with Crippen molar-refractivity contribution >= 4 is 21.9 Å². The Kier molecular flexibility index (Phi) is 4.32. The summed E-state index contributed by atoms with van der Waals surface area (Å²) in [5.74, 6) is -3.96. The zero-order valence-electron chi connectivity index (χ0n) is 10.9. The summed E-state index contributed by atoms with van der Waals surface area (Å²) < 4.78 is 33.0. The van der Waals surface area contributed by atoms with Gasteiger partial charge in [-0.25, -0.2) is 13.6 Å². The third-order valence-electron chi connectivity index (χ3n) is 3.20. The molecule has 0 heterocycles. The lowest BCUT2D eigenvalue weighted by molar-refractivity contribution is -0.145. The van der Waals surface area contributed by atoms with Crippen molar-refractivity contribution in [1.29, 1.82) is 0 Å². The summed E-state index contributed by atoms with van der Waals surface area (Å²) in [4.78, 5) is 11.2. The molecular formula is C14H15BrF2O3. The molecule has 1 atom stereocenters. The zero-order valence-corrected chi connectivity index (χ0v) is 12.5. The number of rotatable bonds is 6. The molecule has 1 aliphatic carbocycles. The molecule has 1 aromatic rings. The van der Waals surface area contributed by atoms with Crippen molar-refractivity contribution in [2.45, 2.75) is 38.2 Å². The molecule has 0 aliphatic heterocycles. The van der Waals surface area contributed by atoms with Crippen LogP contribution in [-0.2, 0) is 10.7 Å². The lowest BCUT2D eigenvalue weighted by Gasteiger charge is -2.20. The molecule has 1 aliphatic rings. The molecule has 6 heteroatoms. The first-order valence-corrected chi connectivity index (χ1v) is 7.14. The minimum Gasteiger partial charge on any atom is -0.479 e. The number of halogens is 3. The highest BCUT2D eigenvalue weighted by Crippen LogP contribution is 2.39. The van der Waals surface area contributed by atoms with Crippen LogP contribution in [0.2, 0.25) is 0 Å². The average molecular weight is 349 g/mol. The Morgan fingerprint density at radius 2 is 2.20 bits per heavy atom. The van der Waals surface area contributed by atoms with Gasteiger partial charge in [-0.1, -0.05) is 28.8 Å². The summed E-state index contributed by atoms with van der Waals surface area (Å²) in [6.07, 6.45) is 1.24. The van der Waals surface area contributed by atoms with Crippen LogP contribution in [0.4, 0.5) is 8.78 Å². The third kappa shape index (κ3) is 3.91. The van der Waals surface area contributed by atoms with E-state index in [0.717, 1.165) is 19.8 Å². The van der Waals surface area contributed by atoms with Crippen LogP contribution in [-0.4, -0.2) is 17.2 Å². The molecular weight excluding hydrogens is 334 g/mol. The van der Waals surface area contributed by atoms with Crippen LogP contribution in [0.1, 0.15) is 31.7 Å². The molecule has 1 saturated carbocycles. The number of hydrogen-bond acceptors (Lipinski definition) is 2. The fraction of sp³-hybridized carbons (Fsp3) is 0.500. The van der Waals surface area contributed by atoms with Gasteiger partial charge in [0.25, 0.3) is 5.92 Å². The normalized spacial score (nSPS) is 16.8. The molecule has 0 saturated heterocycles. The van der Waals surface area contributed by atoms with Gasteiger partial charge in [-0.15, -0.1) is 0 Å². The van der Waals surface area contributed by atoms with Gasteiger partial charge in [0.1, 0.15) is 5.75 Å². The van der Waals surface area contributed by atoms with Gasteiger partial charge in [-0.3, -0.25) is 0 Å². The standard InChI is InChI=1S/C14H15BrF2O3/c1-14(16,17)10-7-9(15)4-5-11(10)20-12(13(18)19)6-8-2-3-8/h4-5,7-8,12H,2-3,6H2,1H3,(H,18,19)/t12-/m0/s1. The maximum atomic E-state index is 13.6. The average Bonchev–Trinajstić information content (AvgIpc) is 3.12. The maximum absolute atomic E-state index is 13.6. The summed E-state index contributed by atoms with van der Waals surface area (Å²) in [7, 11) is 0. The van der Waals surface area contributed by atoms with Gasteiger partial charge in [-0.2, -0.15) is 0 Å². The van der Waals surface area contributed by atoms with Gasteiger partial charge >= 0.3 is 5.97 Å². The summed E-state index contributed by atoms with van der Waals surface area (Å²) in [5, 5.41) is 9.14. The number of ether oxygens (including phenoxy) is 1. The van der Waals surface area contributed by atoms with Crippen LogP contribution in [0, 0.1) is 5.92 Å². The fourth-order valence-corrected chi connectivity index (χ4v) is 2.32. The number of carbonyl (C=O) groups is 1. The lowest BCUT2D eigenvalue weighted by atomic mass is 10.1. The molecule has 2 rings (SSSR count). The number of carboxylic acid groups (broad SMARTS) is 1. The summed E-state index contributed by atoms with van der Waals surface area (Å²) in [6.45, 7) is 0.762. The molecule has 0 radical (unpaired) electrons. The quantitative estimate of drug-likeness (QED) is 0.838. The van der Waals surface area contributed by atoms with Crippen molar-refractivity contribution in [1.82, 2.24) is 0 Å². The van der Waals surface area contributed by atoms with E-state index in [0.29, 0.717) is 16.8 Å². The first-order chi connectivity index (χ1) is 9.27. The highest BCUT2D eigenvalue weighted by molar-refractivity contribution is 9.10. The van der Waals surface area contributed by atoms with E-state index in [1.54, 1.807) is 6.07 Å². The molecule has 110 valence electrons. The maximum Gasteiger partial charge on any atom is 0.344 e. The summed E-state index contributed by atoms with van der Waals surface area (Å²) in [6, 6.07) is 4.19. The number of carboxylic acids is 1. The largest absolute Gasteiger partial charge is 0.479 e. The second-order valence-electron chi connectivity index (χ2n) is 5.15. The SMILES string of the molecule is CC(F)(F)c1cc(Br)ccc1O[C@@H](CC1CC1)C(=O)O. The van der Waals surface area contributed by atoms with Crippen LogP contribution >= 0.6 is 15.9 Å². The van der Waals surface area contributed by atoms with Crippen LogP contribution in [0.15, 0.2) is 22.7 Å². The van der Waals surface area contributed by atoms with Gasteiger partial charge in [0.05, 0.1) is 5.56 Å². The fourth-order valence-electron chi connectivity index (χ4n) is 1.96. The van der Waals surface area contributed by atoms with Gasteiger partial charge in [0, 0.05) is 11.4 Å². The Labute approximate surface area is 124 Å². The van der Waals surface area contributed by atoms with E-state index < -0.39 is 18.0 Å². The van der Waals surface area contributed by atoms with Gasteiger partial charge in [-0.05, 0) is 30.5 Å². The number of benzene rings is 1. The predicted molar refractivity (Wildman–Crippen MR) is 73.1 cm³/mol. The minimum atomic E-state index is -3.10. The highest BCUT2D eigenvalue weighted by atomic mass is 79.9. The second kappa shape index (κ2) is 5.68.